The molecule has 168 valence electrons. The normalized spacial score (nSPS) is 20.0. The molecule has 1 unspecified atom stereocenters. The van der Waals surface area contributed by atoms with Crippen molar-refractivity contribution in [2.75, 3.05) is 39.4 Å². The minimum Gasteiger partial charge on any atom is -0.379 e. The van der Waals surface area contributed by atoms with Crippen LogP contribution < -0.4 is 5.32 Å². The van der Waals surface area contributed by atoms with Crippen LogP contribution in [0.5, 0.6) is 0 Å². The first kappa shape index (κ1) is 24.4. The molecule has 1 aromatic carbocycles. The molecule has 0 radical (unpaired) electrons. The van der Waals surface area contributed by atoms with Crippen LogP contribution in [0.1, 0.15) is 25.8 Å². The van der Waals surface area contributed by atoms with Gasteiger partial charge in [0, 0.05) is 24.1 Å². The third-order valence-electron chi connectivity index (χ3n) is 5.22. The molecule has 2 saturated heterocycles. The van der Waals surface area contributed by atoms with Crippen LogP contribution in [-0.4, -0.2) is 71.4 Å². The molecule has 3 rings (SSSR count). The lowest BCUT2D eigenvalue weighted by Crippen LogP contribution is -2.52. The van der Waals surface area contributed by atoms with Gasteiger partial charge in [0.05, 0.1) is 18.1 Å². The number of morpholine rings is 1. The van der Waals surface area contributed by atoms with Gasteiger partial charge in [-0.1, -0.05) is 65.9 Å². The molecule has 2 aliphatic heterocycles. The van der Waals surface area contributed by atoms with Crippen LogP contribution >= 0.6 is 39.9 Å². The molecule has 2 amide bonds. The Kier molecular flexibility index (Phi) is 9.09. The number of hydrogen-bond acceptors (Lipinski definition) is 6. The third-order valence-corrected chi connectivity index (χ3v) is 7.08. The second-order valence-electron chi connectivity index (χ2n) is 7.89. The van der Waals surface area contributed by atoms with Crippen molar-refractivity contribution in [1.29, 1.82) is 0 Å². The topological polar surface area (TPSA) is 61.9 Å². The Morgan fingerprint density at radius 2 is 1.97 bits per heavy atom. The van der Waals surface area contributed by atoms with Crippen molar-refractivity contribution in [3.8, 4) is 0 Å². The van der Waals surface area contributed by atoms with Gasteiger partial charge < -0.3 is 10.1 Å². The summed E-state index contributed by atoms with van der Waals surface area (Å²) in [7, 11) is 0. The minimum atomic E-state index is -0.619. The van der Waals surface area contributed by atoms with E-state index in [9.17, 15) is 9.59 Å². The average Bonchev–Trinajstić information content (AvgIpc) is 3.01. The van der Waals surface area contributed by atoms with Crippen LogP contribution in [0.4, 0.5) is 0 Å². The molecule has 2 fully saturated rings. The molecule has 0 aliphatic carbocycles. The summed E-state index contributed by atoms with van der Waals surface area (Å²) in [6.07, 6.45) is 2.68. The van der Waals surface area contributed by atoms with Gasteiger partial charge in [-0.25, -0.2) is 0 Å². The van der Waals surface area contributed by atoms with Gasteiger partial charge in [0.1, 0.15) is 10.4 Å². The molecule has 31 heavy (non-hydrogen) atoms. The van der Waals surface area contributed by atoms with E-state index < -0.39 is 6.04 Å². The Hall–Kier alpha value is -1.26. The summed E-state index contributed by atoms with van der Waals surface area (Å²) in [6.45, 7) is 8.78. The van der Waals surface area contributed by atoms with Crippen molar-refractivity contribution in [1.82, 2.24) is 15.1 Å². The maximum absolute atomic E-state index is 13.1. The van der Waals surface area contributed by atoms with Gasteiger partial charge in [-0.3, -0.25) is 19.4 Å². The second kappa shape index (κ2) is 11.6. The predicted molar refractivity (Wildman–Crippen MR) is 133 cm³/mol. The number of rotatable bonds is 8. The number of halogens is 1. The highest BCUT2D eigenvalue weighted by Gasteiger charge is 2.41. The molecule has 2 aliphatic rings. The van der Waals surface area contributed by atoms with Crippen molar-refractivity contribution in [2.24, 2.45) is 5.92 Å². The summed E-state index contributed by atoms with van der Waals surface area (Å²) in [6, 6.07) is 7.09. The molecule has 1 atom stereocenters. The maximum atomic E-state index is 13.1. The first-order valence-electron chi connectivity index (χ1n) is 10.5. The van der Waals surface area contributed by atoms with Crippen LogP contribution in [0.15, 0.2) is 33.6 Å². The highest BCUT2D eigenvalue weighted by Crippen LogP contribution is 2.35. The van der Waals surface area contributed by atoms with Crippen molar-refractivity contribution in [3.63, 3.8) is 0 Å². The number of amides is 2. The van der Waals surface area contributed by atoms with Gasteiger partial charge in [-0.05, 0) is 42.7 Å². The highest BCUT2D eigenvalue weighted by molar-refractivity contribution is 9.10. The van der Waals surface area contributed by atoms with E-state index in [1.807, 2.05) is 44.2 Å². The van der Waals surface area contributed by atoms with Gasteiger partial charge in [0.25, 0.3) is 5.91 Å². The number of carbonyl (C=O) groups is 2. The van der Waals surface area contributed by atoms with Crippen LogP contribution in [0, 0.1) is 5.92 Å². The quantitative estimate of drug-likeness (QED) is 0.318. The lowest BCUT2D eigenvalue weighted by Gasteiger charge is -2.29. The van der Waals surface area contributed by atoms with Gasteiger partial charge in [-0.2, -0.15) is 0 Å². The SMILES string of the molecule is CC(C)C(C(=O)NCCCN1CCOCC1)N1C(=O)/C(=C/c2ccc(Br)cc2)SC1=S. The third kappa shape index (κ3) is 6.61. The maximum Gasteiger partial charge on any atom is 0.266 e. The molecule has 9 heteroatoms. The molecule has 1 N–H and O–H groups in total. The van der Waals surface area contributed by atoms with E-state index in [0.717, 1.165) is 49.3 Å². The number of thioether (sulfide) groups is 1. The van der Waals surface area contributed by atoms with E-state index in [-0.39, 0.29) is 17.7 Å². The molecule has 1 aromatic rings. The molecule has 0 aromatic heterocycles. The summed E-state index contributed by atoms with van der Waals surface area (Å²) in [5.41, 5.74) is 0.914. The number of benzene rings is 1. The molecular weight excluding hydrogens is 498 g/mol. The Morgan fingerprint density at radius 1 is 1.29 bits per heavy atom. The van der Waals surface area contributed by atoms with E-state index in [2.05, 4.69) is 26.1 Å². The zero-order valence-electron chi connectivity index (χ0n) is 17.8. The highest BCUT2D eigenvalue weighted by atomic mass is 79.9. The fraction of sp³-hybridized carbons (Fsp3) is 0.500. The monoisotopic (exact) mass is 525 g/mol. The molecule has 6 nitrogen and oxygen atoms in total. The second-order valence-corrected chi connectivity index (χ2v) is 10.5. The summed E-state index contributed by atoms with van der Waals surface area (Å²) in [5.74, 6) is -0.424. The summed E-state index contributed by atoms with van der Waals surface area (Å²) in [5, 5.41) is 3.01. The van der Waals surface area contributed by atoms with Crippen molar-refractivity contribution >= 4 is 62.1 Å². The van der Waals surface area contributed by atoms with Gasteiger partial charge >= 0.3 is 0 Å². The Morgan fingerprint density at radius 3 is 2.61 bits per heavy atom. The fourth-order valence-corrected chi connectivity index (χ4v) is 5.19. The zero-order valence-corrected chi connectivity index (χ0v) is 21.0. The van der Waals surface area contributed by atoms with Crippen molar-refractivity contribution in [2.45, 2.75) is 26.3 Å². The Balaban J connectivity index is 1.61. The first-order valence-corrected chi connectivity index (χ1v) is 12.5. The number of thiocarbonyl (C=S) groups is 1. The van der Waals surface area contributed by atoms with E-state index in [4.69, 9.17) is 17.0 Å². The van der Waals surface area contributed by atoms with Crippen LogP contribution in [0.25, 0.3) is 6.08 Å². The summed E-state index contributed by atoms with van der Waals surface area (Å²) < 4.78 is 6.76. The van der Waals surface area contributed by atoms with Gasteiger partial charge in [-0.15, -0.1) is 0 Å². The summed E-state index contributed by atoms with van der Waals surface area (Å²) >= 11 is 10.2. The number of carbonyl (C=O) groups excluding carboxylic acids is 2. The van der Waals surface area contributed by atoms with Crippen LogP contribution in [0.3, 0.4) is 0 Å². The van der Waals surface area contributed by atoms with E-state index in [1.54, 1.807) is 0 Å². The van der Waals surface area contributed by atoms with Crippen molar-refractivity contribution in [3.05, 3.63) is 39.2 Å². The van der Waals surface area contributed by atoms with Gasteiger partial charge in [0.2, 0.25) is 5.91 Å². The lowest BCUT2D eigenvalue weighted by molar-refractivity contribution is -0.134. The van der Waals surface area contributed by atoms with Crippen LogP contribution in [0.2, 0.25) is 0 Å². The van der Waals surface area contributed by atoms with Crippen LogP contribution in [-0.2, 0) is 14.3 Å². The molecular formula is C22H28BrN3O3S2. The first-order chi connectivity index (χ1) is 14.9. The lowest BCUT2D eigenvalue weighted by atomic mass is 10.0. The Bertz CT molecular complexity index is 839. The fourth-order valence-electron chi connectivity index (χ4n) is 3.59. The number of nitrogens with zero attached hydrogens (tertiary/aromatic N) is 2. The molecule has 0 saturated carbocycles. The van der Waals surface area contributed by atoms with E-state index in [1.165, 1.54) is 16.7 Å². The molecule has 0 spiro atoms. The largest absolute Gasteiger partial charge is 0.379 e. The van der Waals surface area contributed by atoms with Crippen molar-refractivity contribution < 1.29 is 14.3 Å². The average molecular weight is 527 g/mol. The standard InChI is InChI=1S/C22H28BrN3O3S2/c1-15(2)19(20(27)24-8-3-9-25-10-12-29-13-11-25)26-21(28)18(31-22(26)30)14-16-4-6-17(23)7-5-16/h4-7,14-15,19H,3,8-13H2,1-2H3,(H,24,27)/b18-14-. The predicted octanol–water partition coefficient (Wildman–Crippen LogP) is 3.51. The summed E-state index contributed by atoms with van der Waals surface area (Å²) in [4.78, 5) is 30.5. The number of hydrogen-bond donors (Lipinski definition) is 1. The Labute approximate surface area is 201 Å². The number of ether oxygens (including phenoxy) is 1. The molecule has 2 heterocycles. The van der Waals surface area contributed by atoms with E-state index in [0.29, 0.717) is 15.8 Å². The van der Waals surface area contributed by atoms with Gasteiger partial charge in [0.15, 0.2) is 0 Å². The smallest absolute Gasteiger partial charge is 0.266 e. The van der Waals surface area contributed by atoms with E-state index >= 15 is 0 Å². The zero-order chi connectivity index (χ0) is 22.4. The number of nitrogens with one attached hydrogen (secondary N) is 1. The minimum absolute atomic E-state index is 0.0613. The molecule has 0 bridgehead atoms.